The van der Waals surface area contributed by atoms with Crippen LogP contribution >= 0.6 is 0 Å². The van der Waals surface area contributed by atoms with Gasteiger partial charge in [-0.3, -0.25) is 0 Å². The highest BCUT2D eigenvalue weighted by molar-refractivity contribution is 5.88. The van der Waals surface area contributed by atoms with Gasteiger partial charge >= 0.3 is 5.97 Å². The van der Waals surface area contributed by atoms with E-state index in [0.29, 0.717) is 0 Å². The Morgan fingerprint density at radius 1 is 1.06 bits per heavy atom. The summed E-state index contributed by atoms with van der Waals surface area (Å²) in [7, 11) is 0. The van der Waals surface area contributed by atoms with Gasteiger partial charge in [0.25, 0.3) is 0 Å². The number of aromatic carboxylic acids is 1. The molecule has 0 aromatic heterocycles. The molecule has 0 aliphatic rings. The molecule has 0 bridgehead atoms. The fourth-order valence-electron chi connectivity index (χ4n) is 1.53. The number of hydrogen-bond acceptors (Lipinski definition) is 2. The minimum Gasteiger partial charge on any atom is -0.478 e. The molecule has 2 aromatic carbocycles. The zero-order valence-electron chi connectivity index (χ0n) is 8.85. The Morgan fingerprint density at radius 3 is 2.18 bits per heavy atom. The number of halogens is 1. The quantitative estimate of drug-likeness (QED) is 0.781. The van der Waals surface area contributed by atoms with Gasteiger partial charge in [0, 0.05) is 0 Å². The first kappa shape index (κ1) is 11.1. The molecule has 0 saturated heterocycles. The number of nitrogen functional groups attached to an aromatic ring is 1. The number of carbonyl (C=O) groups is 1. The van der Waals surface area contributed by atoms with Gasteiger partial charge in [-0.15, -0.1) is 0 Å². The number of benzene rings is 2. The van der Waals surface area contributed by atoms with Crippen LogP contribution in [0, 0.1) is 5.82 Å². The molecule has 2 rings (SSSR count). The number of carboxylic acids is 1. The van der Waals surface area contributed by atoms with E-state index < -0.39 is 11.8 Å². The molecule has 0 spiro atoms. The lowest BCUT2D eigenvalue weighted by Crippen LogP contribution is -1.95. The van der Waals surface area contributed by atoms with Gasteiger partial charge < -0.3 is 10.8 Å². The number of hydrogen-bond donors (Lipinski definition) is 2. The topological polar surface area (TPSA) is 63.3 Å². The third kappa shape index (κ3) is 2.25. The minimum atomic E-state index is -0.977. The van der Waals surface area contributed by atoms with Crippen molar-refractivity contribution in [3.63, 3.8) is 0 Å². The van der Waals surface area contributed by atoms with E-state index in [2.05, 4.69) is 0 Å². The van der Waals surface area contributed by atoms with E-state index in [1.54, 1.807) is 18.2 Å². The minimum absolute atomic E-state index is 0.0739. The molecule has 0 amide bonds. The van der Waals surface area contributed by atoms with Crippen LogP contribution in [0.1, 0.15) is 10.4 Å². The summed E-state index contributed by atoms with van der Waals surface area (Å²) >= 11 is 0. The van der Waals surface area contributed by atoms with Gasteiger partial charge in [-0.05, 0) is 35.4 Å². The maximum atomic E-state index is 13.0. The molecule has 86 valence electrons. The van der Waals surface area contributed by atoms with Crippen molar-refractivity contribution in [3.05, 3.63) is 53.8 Å². The molecule has 3 nitrogen and oxygen atoms in total. The lowest BCUT2D eigenvalue weighted by atomic mass is 10.0. The van der Waals surface area contributed by atoms with Crippen LogP contribution in [-0.2, 0) is 0 Å². The second kappa shape index (κ2) is 4.25. The summed E-state index contributed by atoms with van der Waals surface area (Å²) in [6.07, 6.45) is 0. The molecule has 3 N–H and O–H groups in total. The van der Waals surface area contributed by atoms with Gasteiger partial charge in [0.15, 0.2) is 0 Å². The first-order valence-electron chi connectivity index (χ1n) is 4.96. The lowest BCUT2D eigenvalue weighted by Gasteiger charge is -2.04. The number of nitrogens with two attached hydrogens (primary N) is 1. The van der Waals surface area contributed by atoms with Crippen molar-refractivity contribution >= 4 is 11.7 Å². The zero-order valence-corrected chi connectivity index (χ0v) is 8.85. The van der Waals surface area contributed by atoms with E-state index in [1.807, 2.05) is 0 Å². The van der Waals surface area contributed by atoms with E-state index >= 15 is 0 Å². The third-order valence-electron chi connectivity index (χ3n) is 2.46. The highest BCUT2D eigenvalue weighted by Crippen LogP contribution is 2.23. The van der Waals surface area contributed by atoms with Crippen LogP contribution in [0.4, 0.5) is 10.1 Å². The first-order valence-corrected chi connectivity index (χ1v) is 4.96. The van der Waals surface area contributed by atoms with Gasteiger partial charge in [-0.2, -0.15) is 0 Å². The average Bonchev–Trinajstić information content (AvgIpc) is 2.33. The Bertz CT molecular complexity index is 564. The normalized spacial score (nSPS) is 10.2. The average molecular weight is 231 g/mol. The van der Waals surface area contributed by atoms with Crippen molar-refractivity contribution in [3.8, 4) is 11.1 Å². The number of anilines is 1. The molecule has 2 aromatic rings. The van der Waals surface area contributed by atoms with Gasteiger partial charge in [0.2, 0.25) is 0 Å². The van der Waals surface area contributed by atoms with E-state index in [1.165, 1.54) is 24.3 Å². The van der Waals surface area contributed by atoms with E-state index in [0.717, 1.165) is 11.1 Å². The predicted octanol–water partition coefficient (Wildman–Crippen LogP) is 2.77. The van der Waals surface area contributed by atoms with E-state index in [4.69, 9.17) is 10.8 Å². The second-order valence-electron chi connectivity index (χ2n) is 3.62. The van der Waals surface area contributed by atoms with Crippen LogP contribution < -0.4 is 5.73 Å². The summed E-state index contributed by atoms with van der Waals surface area (Å²) in [5.74, 6) is -1.44. The fraction of sp³-hybridized carbons (Fsp3) is 0. The lowest BCUT2D eigenvalue weighted by molar-refractivity contribution is 0.0697. The molecule has 0 unspecified atom stereocenters. The first-order chi connectivity index (χ1) is 8.08. The van der Waals surface area contributed by atoms with Crippen LogP contribution in [-0.4, -0.2) is 11.1 Å². The summed E-state index contributed by atoms with van der Waals surface area (Å²) in [5, 5.41) is 8.76. The summed E-state index contributed by atoms with van der Waals surface area (Å²) in [5.41, 5.74) is 7.30. The van der Waals surface area contributed by atoms with Crippen molar-refractivity contribution in [2.75, 3.05) is 5.73 Å². The highest BCUT2D eigenvalue weighted by atomic mass is 19.1. The molecular formula is C13H10FNO2. The van der Waals surface area contributed by atoms with Crippen LogP contribution in [0.5, 0.6) is 0 Å². The maximum Gasteiger partial charge on any atom is 0.335 e. The molecule has 0 aliphatic carbocycles. The van der Waals surface area contributed by atoms with Gasteiger partial charge in [0.05, 0.1) is 11.3 Å². The highest BCUT2D eigenvalue weighted by Gasteiger charge is 2.05. The van der Waals surface area contributed by atoms with Crippen molar-refractivity contribution in [2.45, 2.75) is 0 Å². The Balaban J connectivity index is 2.39. The Kier molecular flexibility index (Phi) is 2.78. The molecule has 0 heterocycles. The van der Waals surface area contributed by atoms with Crippen LogP contribution in [0.15, 0.2) is 42.5 Å². The molecule has 4 heteroatoms. The summed E-state index contributed by atoms with van der Waals surface area (Å²) in [6, 6.07) is 10.7. The van der Waals surface area contributed by atoms with Crippen LogP contribution in [0.2, 0.25) is 0 Å². The molecular weight excluding hydrogens is 221 g/mol. The molecule has 0 radical (unpaired) electrons. The molecule has 0 aliphatic heterocycles. The van der Waals surface area contributed by atoms with Crippen molar-refractivity contribution < 1.29 is 14.3 Å². The van der Waals surface area contributed by atoms with Crippen LogP contribution in [0.3, 0.4) is 0 Å². The van der Waals surface area contributed by atoms with Gasteiger partial charge in [-0.1, -0.05) is 18.2 Å². The predicted molar refractivity (Wildman–Crippen MR) is 63.2 cm³/mol. The Labute approximate surface area is 97.3 Å². The monoisotopic (exact) mass is 231 g/mol. The molecule has 17 heavy (non-hydrogen) atoms. The third-order valence-corrected chi connectivity index (χ3v) is 2.46. The Morgan fingerprint density at radius 2 is 1.65 bits per heavy atom. The SMILES string of the molecule is Nc1cc(-c2ccc(C(=O)O)cc2)ccc1F. The summed E-state index contributed by atoms with van der Waals surface area (Å²) < 4.78 is 13.0. The summed E-state index contributed by atoms with van der Waals surface area (Å²) in [4.78, 5) is 10.7. The zero-order chi connectivity index (χ0) is 12.4. The standard InChI is InChI=1S/C13H10FNO2/c14-11-6-5-10(7-12(11)15)8-1-3-9(4-2-8)13(16)17/h1-7H,15H2,(H,16,17). The molecule has 0 atom stereocenters. The maximum absolute atomic E-state index is 13.0. The molecule has 0 saturated carbocycles. The fourth-order valence-corrected chi connectivity index (χ4v) is 1.53. The second-order valence-corrected chi connectivity index (χ2v) is 3.62. The van der Waals surface area contributed by atoms with Crippen molar-refractivity contribution in [1.82, 2.24) is 0 Å². The number of carboxylic acid groups (broad SMARTS) is 1. The smallest absolute Gasteiger partial charge is 0.335 e. The van der Waals surface area contributed by atoms with Crippen molar-refractivity contribution in [2.24, 2.45) is 0 Å². The largest absolute Gasteiger partial charge is 0.478 e. The Hall–Kier alpha value is -2.36. The van der Waals surface area contributed by atoms with Gasteiger partial charge in [0.1, 0.15) is 5.82 Å². The van der Waals surface area contributed by atoms with E-state index in [-0.39, 0.29) is 11.3 Å². The molecule has 0 fully saturated rings. The van der Waals surface area contributed by atoms with Gasteiger partial charge in [-0.25, -0.2) is 9.18 Å². The van der Waals surface area contributed by atoms with Crippen molar-refractivity contribution in [1.29, 1.82) is 0 Å². The van der Waals surface area contributed by atoms with Crippen LogP contribution in [0.25, 0.3) is 11.1 Å². The summed E-state index contributed by atoms with van der Waals surface area (Å²) in [6.45, 7) is 0. The van der Waals surface area contributed by atoms with E-state index in [9.17, 15) is 9.18 Å². The number of rotatable bonds is 2.